The van der Waals surface area contributed by atoms with Crippen molar-refractivity contribution in [1.82, 2.24) is 4.90 Å². The normalized spacial score (nSPS) is 13.9. The fourth-order valence-electron chi connectivity index (χ4n) is 1.35. The minimum Gasteiger partial charge on any atom is -0.357 e. The lowest BCUT2D eigenvalue weighted by molar-refractivity contribution is 0.680. The molecule has 0 atom stereocenters. The average molecular weight is 157 g/mol. The van der Waals surface area contributed by atoms with Crippen LogP contribution in [0.4, 0.5) is 0 Å². The Kier molecular flexibility index (Phi) is 1.51. The summed E-state index contributed by atoms with van der Waals surface area (Å²) < 4.78 is 0. The SMILES string of the molecule is C=c1ccc2c(c1)C=CN(C)C=2. The minimum atomic E-state index is 1.07. The summed E-state index contributed by atoms with van der Waals surface area (Å²) in [6, 6.07) is 6.22. The van der Waals surface area contributed by atoms with E-state index in [4.69, 9.17) is 0 Å². The van der Waals surface area contributed by atoms with Crippen LogP contribution in [0.25, 0.3) is 18.9 Å². The van der Waals surface area contributed by atoms with Gasteiger partial charge < -0.3 is 4.90 Å². The maximum absolute atomic E-state index is 3.89. The third kappa shape index (κ3) is 1.14. The molecule has 2 rings (SSSR count). The molecule has 0 unspecified atom stereocenters. The first-order chi connectivity index (χ1) is 5.75. The van der Waals surface area contributed by atoms with Crippen LogP contribution in [0.15, 0.2) is 24.4 Å². The molecule has 0 aliphatic carbocycles. The van der Waals surface area contributed by atoms with Crippen LogP contribution in [0.2, 0.25) is 0 Å². The number of benzene rings is 1. The first-order valence-electron chi connectivity index (χ1n) is 3.97. The molecule has 1 aliphatic heterocycles. The van der Waals surface area contributed by atoms with Gasteiger partial charge in [-0.05, 0) is 28.1 Å². The zero-order chi connectivity index (χ0) is 8.55. The summed E-state index contributed by atoms with van der Waals surface area (Å²) >= 11 is 0. The van der Waals surface area contributed by atoms with Gasteiger partial charge >= 0.3 is 0 Å². The molecule has 0 bridgehead atoms. The molecule has 0 fully saturated rings. The maximum Gasteiger partial charge on any atom is 0.0110 e. The van der Waals surface area contributed by atoms with Crippen molar-refractivity contribution in [3.63, 3.8) is 0 Å². The topological polar surface area (TPSA) is 3.24 Å². The summed E-state index contributed by atoms with van der Waals surface area (Å²) in [7, 11) is 2.03. The first-order valence-corrected chi connectivity index (χ1v) is 3.97. The second-order valence-corrected chi connectivity index (χ2v) is 3.07. The van der Waals surface area contributed by atoms with Crippen molar-refractivity contribution in [2.75, 3.05) is 7.05 Å². The van der Waals surface area contributed by atoms with Crippen molar-refractivity contribution >= 4 is 18.9 Å². The van der Waals surface area contributed by atoms with Crippen molar-refractivity contribution in [3.05, 3.63) is 40.4 Å². The molecule has 1 aromatic carbocycles. The minimum absolute atomic E-state index is 1.07. The van der Waals surface area contributed by atoms with Gasteiger partial charge in [0.2, 0.25) is 0 Å². The lowest BCUT2D eigenvalue weighted by atomic mass is 10.1. The van der Waals surface area contributed by atoms with E-state index < -0.39 is 0 Å². The molecular weight excluding hydrogens is 146 g/mol. The molecule has 1 heteroatoms. The van der Waals surface area contributed by atoms with Crippen LogP contribution < -0.4 is 10.4 Å². The van der Waals surface area contributed by atoms with E-state index in [0.29, 0.717) is 0 Å². The van der Waals surface area contributed by atoms with Crippen molar-refractivity contribution in [2.24, 2.45) is 0 Å². The van der Waals surface area contributed by atoms with E-state index in [1.165, 1.54) is 10.8 Å². The number of nitrogens with zero attached hydrogens (tertiary/aromatic N) is 1. The quantitative estimate of drug-likeness (QED) is 0.537. The lowest BCUT2D eigenvalue weighted by Crippen LogP contribution is -2.19. The van der Waals surface area contributed by atoms with Crippen LogP contribution in [0.3, 0.4) is 0 Å². The predicted octanol–water partition coefficient (Wildman–Crippen LogP) is 0.751. The second kappa shape index (κ2) is 2.52. The summed E-state index contributed by atoms with van der Waals surface area (Å²) in [5.74, 6) is 0. The van der Waals surface area contributed by atoms with E-state index in [0.717, 1.165) is 5.22 Å². The van der Waals surface area contributed by atoms with Crippen LogP contribution in [-0.2, 0) is 0 Å². The molecule has 0 spiro atoms. The first kappa shape index (κ1) is 7.17. The van der Waals surface area contributed by atoms with Gasteiger partial charge in [-0.1, -0.05) is 18.7 Å². The highest BCUT2D eigenvalue weighted by Crippen LogP contribution is 1.99. The standard InChI is InChI=1S/C11H11N/c1-9-3-4-11-8-12(2)6-5-10(11)7-9/h3-8H,1H2,2H3. The predicted molar refractivity (Wildman–Crippen MR) is 52.5 cm³/mol. The molecule has 0 radical (unpaired) electrons. The zero-order valence-corrected chi connectivity index (χ0v) is 7.12. The Hall–Kier alpha value is -1.50. The Morgan fingerprint density at radius 1 is 1.33 bits per heavy atom. The number of hydrogen-bond acceptors (Lipinski definition) is 1. The van der Waals surface area contributed by atoms with Crippen molar-refractivity contribution in [2.45, 2.75) is 0 Å². The molecule has 0 saturated heterocycles. The third-order valence-electron chi connectivity index (χ3n) is 1.98. The molecule has 12 heavy (non-hydrogen) atoms. The third-order valence-corrected chi connectivity index (χ3v) is 1.98. The summed E-state index contributed by atoms with van der Waals surface area (Å²) in [5.41, 5.74) is 1.25. The molecule has 1 nitrogen and oxygen atoms in total. The van der Waals surface area contributed by atoms with Gasteiger partial charge in [-0.3, -0.25) is 0 Å². The van der Waals surface area contributed by atoms with E-state index in [1.54, 1.807) is 0 Å². The molecule has 1 aliphatic rings. The van der Waals surface area contributed by atoms with Crippen LogP contribution >= 0.6 is 0 Å². The smallest absolute Gasteiger partial charge is 0.0110 e. The van der Waals surface area contributed by atoms with Crippen LogP contribution in [-0.4, -0.2) is 11.9 Å². The summed E-state index contributed by atoms with van der Waals surface area (Å²) in [6.07, 6.45) is 6.25. The molecule has 0 amide bonds. The zero-order valence-electron chi connectivity index (χ0n) is 7.12. The van der Waals surface area contributed by atoms with Crippen molar-refractivity contribution in [3.8, 4) is 0 Å². The second-order valence-electron chi connectivity index (χ2n) is 3.07. The Labute approximate surface area is 71.9 Å². The van der Waals surface area contributed by atoms with Gasteiger partial charge in [0, 0.05) is 19.4 Å². The molecule has 1 aromatic rings. The Bertz CT molecular complexity index is 429. The van der Waals surface area contributed by atoms with Gasteiger partial charge in [0.1, 0.15) is 0 Å². The summed E-state index contributed by atoms with van der Waals surface area (Å²) in [4.78, 5) is 2.05. The molecule has 0 aromatic heterocycles. The van der Waals surface area contributed by atoms with Gasteiger partial charge in [0.15, 0.2) is 0 Å². The molecule has 0 N–H and O–H groups in total. The average Bonchev–Trinajstić information content (AvgIpc) is 2.05. The lowest BCUT2D eigenvalue weighted by Gasteiger charge is -2.12. The monoisotopic (exact) mass is 157 g/mol. The molecule has 60 valence electrons. The van der Waals surface area contributed by atoms with Gasteiger partial charge in [0.25, 0.3) is 0 Å². The van der Waals surface area contributed by atoms with E-state index in [1.807, 2.05) is 24.2 Å². The van der Waals surface area contributed by atoms with Crippen LogP contribution in [0.1, 0.15) is 5.56 Å². The fraction of sp³-hybridized carbons (Fsp3) is 0.0909. The van der Waals surface area contributed by atoms with Gasteiger partial charge in [0.05, 0.1) is 0 Å². The van der Waals surface area contributed by atoms with E-state index in [-0.39, 0.29) is 0 Å². The maximum atomic E-state index is 3.89. The van der Waals surface area contributed by atoms with E-state index in [9.17, 15) is 0 Å². The highest BCUT2D eigenvalue weighted by Gasteiger charge is 1.96. The summed E-state index contributed by atoms with van der Waals surface area (Å²) in [6.45, 7) is 3.89. The van der Waals surface area contributed by atoms with Gasteiger partial charge in [-0.2, -0.15) is 0 Å². The number of fused-ring (bicyclic) bond motifs is 1. The van der Waals surface area contributed by atoms with Gasteiger partial charge in [-0.25, -0.2) is 0 Å². The van der Waals surface area contributed by atoms with E-state index in [2.05, 4.69) is 31.0 Å². The number of hydrogen-bond donors (Lipinski definition) is 0. The molecule has 0 saturated carbocycles. The van der Waals surface area contributed by atoms with Crippen LogP contribution in [0, 0.1) is 0 Å². The summed E-state index contributed by atoms with van der Waals surface area (Å²) in [5, 5.41) is 2.32. The van der Waals surface area contributed by atoms with Crippen LogP contribution in [0.5, 0.6) is 0 Å². The van der Waals surface area contributed by atoms with Crippen molar-refractivity contribution < 1.29 is 0 Å². The largest absolute Gasteiger partial charge is 0.357 e. The Morgan fingerprint density at radius 2 is 2.17 bits per heavy atom. The highest BCUT2D eigenvalue weighted by atomic mass is 15.0. The van der Waals surface area contributed by atoms with E-state index >= 15 is 0 Å². The molecule has 1 heterocycles. The highest BCUT2D eigenvalue weighted by molar-refractivity contribution is 5.55. The van der Waals surface area contributed by atoms with Gasteiger partial charge in [-0.15, -0.1) is 0 Å². The Morgan fingerprint density at radius 3 is 3.00 bits per heavy atom. The molecular formula is C11H11N. The van der Waals surface area contributed by atoms with Crippen molar-refractivity contribution in [1.29, 1.82) is 0 Å². The Balaban J connectivity index is 2.73. The number of rotatable bonds is 0. The fourth-order valence-corrected chi connectivity index (χ4v) is 1.35.